The van der Waals surface area contributed by atoms with Crippen molar-refractivity contribution in [3.63, 3.8) is 0 Å². The zero-order chi connectivity index (χ0) is 26.3. The van der Waals surface area contributed by atoms with Crippen molar-refractivity contribution in [3.05, 3.63) is 59.2 Å². The van der Waals surface area contributed by atoms with E-state index in [9.17, 15) is 18.0 Å². The molecule has 2 rings (SSSR count). The fourth-order valence-corrected chi connectivity index (χ4v) is 4.81. The number of anilines is 1. The van der Waals surface area contributed by atoms with Gasteiger partial charge >= 0.3 is 0 Å². The van der Waals surface area contributed by atoms with Gasteiger partial charge in [0, 0.05) is 12.6 Å². The van der Waals surface area contributed by atoms with Gasteiger partial charge < -0.3 is 15.0 Å². The molecule has 35 heavy (non-hydrogen) atoms. The van der Waals surface area contributed by atoms with Gasteiger partial charge in [0.2, 0.25) is 21.8 Å². The van der Waals surface area contributed by atoms with Crippen molar-refractivity contribution in [2.45, 2.75) is 59.7 Å². The number of amides is 2. The molecule has 0 aliphatic heterocycles. The summed E-state index contributed by atoms with van der Waals surface area (Å²) in [6.45, 7) is 8.99. The Morgan fingerprint density at radius 1 is 1.06 bits per heavy atom. The Morgan fingerprint density at radius 3 is 2.20 bits per heavy atom. The number of nitrogens with zero attached hydrogens (tertiary/aromatic N) is 2. The molecule has 2 amide bonds. The van der Waals surface area contributed by atoms with Crippen LogP contribution >= 0.6 is 0 Å². The number of benzene rings is 2. The van der Waals surface area contributed by atoms with Crippen molar-refractivity contribution in [1.29, 1.82) is 0 Å². The quantitative estimate of drug-likeness (QED) is 0.507. The highest BCUT2D eigenvalue weighted by atomic mass is 32.2. The summed E-state index contributed by atoms with van der Waals surface area (Å²) >= 11 is 0. The van der Waals surface area contributed by atoms with Gasteiger partial charge in [-0.1, -0.05) is 25.1 Å². The van der Waals surface area contributed by atoms with Gasteiger partial charge in [0.1, 0.15) is 18.3 Å². The van der Waals surface area contributed by atoms with Gasteiger partial charge in [-0.15, -0.1) is 0 Å². The minimum absolute atomic E-state index is 0.104. The van der Waals surface area contributed by atoms with Crippen LogP contribution < -0.4 is 14.4 Å². The zero-order valence-corrected chi connectivity index (χ0v) is 22.5. The van der Waals surface area contributed by atoms with E-state index in [1.54, 1.807) is 31.4 Å². The molecule has 0 saturated heterocycles. The molecule has 0 heterocycles. The summed E-state index contributed by atoms with van der Waals surface area (Å²) in [5.41, 5.74) is 2.96. The van der Waals surface area contributed by atoms with E-state index < -0.39 is 28.5 Å². The lowest BCUT2D eigenvalue weighted by Gasteiger charge is -2.33. The first kappa shape index (κ1) is 28.2. The second kappa shape index (κ2) is 12.1. The Balaban J connectivity index is 2.49. The predicted molar refractivity (Wildman–Crippen MR) is 139 cm³/mol. The first-order chi connectivity index (χ1) is 16.3. The standard InChI is InChI=1S/C26H37N3O5S/c1-8-24(26(31)27-18(2)3)28(16-21-10-9-11-23(15-21)34-6)25(30)17-29(35(7,32)33)22-13-19(4)12-20(5)14-22/h9-15,18,24H,8,16-17H2,1-7H3,(H,27,31)/t24-/m0/s1. The third kappa shape index (κ3) is 7.99. The van der Waals surface area contributed by atoms with Crippen LogP contribution in [0.5, 0.6) is 5.75 Å². The minimum atomic E-state index is -3.77. The molecule has 1 atom stereocenters. The average molecular weight is 504 g/mol. The highest BCUT2D eigenvalue weighted by Gasteiger charge is 2.32. The topological polar surface area (TPSA) is 96.0 Å². The number of ether oxygens (including phenoxy) is 1. The van der Waals surface area contributed by atoms with Gasteiger partial charge in [-0.3, -0.25) is 13.9 Å². The summed E-state index contributed by atoms with van der Waals surface area (Å²) in [4.78, 5) is 28.2. The van der Waals surface area contributed by atoms with Gasteiger partial charge in [-0.2, -0.15) is 0 Å². The van der Waals surface area contributed by atoms with E-state index in [0.717, 1.165) is 27.3 Å². The van der Waals surface area contributed by atoms with E-state index in [1.807, 2.05) is 52.8 Å². The first-order valence-corrected chi connectivity index (χ1v) is 13.5. The van der Waals surface area contributed by atoms with Crippen LogP contribution in [0, 0.1) is 13.8 Å². The van der Waals surface area contributed by atoms with Crippen LogP contribution in [0.25, 0.3) is 0 Å². The fourth-order valence-electron chi connectivity index (χ4n) is 3.98. The highest BCUT2D eigenvalue weighted by molar-refractivity contribution is 7.92. The molecule has 9 heteroatoms. The molecule has 0 spiro atoms. The Hall–Kier alpha value is -3.07. The molecule has 0 radical (unpaired) electrons. The number of hydrogen-bond donors (Lipinski definition) is 1. The van der Waals surface area contributed by atoms with Gasteiger partial charge in [0.05, 0.1) is 19.1 Å². The Morgan fingerprint density at radius 2 is 1.69 bits per heavy atom. The molecule has 0 bridgehead atoms. The molecule has 0 saturated carbocycles. The minimum Gasteiger partial charge on any atom is -0.497 e. The van der Waals surface area contributed by atoms with Gasteiger partial charge in [0.25, 0.3) is 0 Å². The molecule has 0 aromatic heterocycles. The molecule has 2 aromatic carbocycles. The van der Waals surface area contributed by atoms with E-state index in [1.165, 1.54) is 4.90 Å². The summed E-state index contributed by atoms with van der Waals surface area (Å²) in [6, 6.07) is 11.8. The molecule has 0 unspecified atom stereocenters. The second-order valence-electron chi connectivity index (χ2n) is 9.08. The van der Waals surface area contributed by atoms with Crippen LogP contribution in [-0.4, -0.2) is 57.1 Å². The van der Waals surface area contributed by atoms with Crippen molar-refractivity contribution >= 4 is 27.5 Å². The number of aryl methyl sites for hydroxylation is 2. The highest BCUT2D eigenvalue weighted by Crippen LogP contribution is 2.23. The van der Waals surface area contributed by atoms with Crippen LogP contribution in [-0.2, 0) is 26.2 Å². The van der Waals surface area contributed by atoms with E-state index in [-0.39, 0.29) is 18.5 Å². The molecule has 8 nitrogen and oxygen atoms in total. The number of sulfonamides is 1. The van der Waals surface area contributed by atoms with E-state index >= 15 is 0 Å². The van der Waals surface area contributed by atoms with Crippen LogP contribution in [0.15, 0.2) is 42.5 Å². The lowest BCUT2D eigenvalue weighted by molar-refractivity contribution is -0.140. The van der Waals surface area contributed by atoms with Gasteiger partial charge in [-0.05, 0) is 75.1 Å². The zero-order valence-electron chi connectivity index (χ0n) is 21.7. The summed E-state index contributed by atoms with van der Waals surface area (Å²) in [6.07, 6.45) is 1.45. The molecule has 192 valence electrons. The Bertz CT molecular complexity index is 1130. The normalized spacial score (nSPS) is 12.2. The SMILES string of the molecule is CC[C@@H](C(=O)NC(C)C)N(Cc1cccc(OC)c1)C(=O)CN(c1cc(C)cc(C)c1)S(C)(=O)=O. The largest absolute Gasteiger partial charge is 0.497 e. The fraction of sp³-hybridized carbons (Fsp3) is 0.462. The number of methoxy groups -OCH3 is 1. The Kier molecular flexibility index (Phi) is 9.71. The first-order valence-electron chi connectivity index (χ1n) is 11.6. The third-order valence-corrected chi connectivity index (χ3v) is 6.62. The van der Waals surface area contributed by atoms with Crippen LogP contribution in [0.3, 0.4) is 0 Å². The van der Waals surface area contributed by atoms with E-state index in [2.05, 4.69) is 5.32 Å². The van der Waals surface area contributed by atoms with Crippen molar-refractivity contribution < 1.29 is 22.7 Å². The van der Waals surface area contributed by atoms with E-state index in [4.69, 9.17) is 4.74 Å². The molecule has 0 aliphatic carbocycles. The maximum absolute atomic E-state index is 13.7. The molecule has 0 aliphatic rings. The molecular weight excluding hydrogens is 466 g/mol. The lowest BCUT2D eigenvalue weighted by Crippen LogP contribution is -2.53. The van der Waals surface area contributed by atoms with Crippen molar-refractivity contribution in [3.8, 4) is 5.75 Å². The summed E-state index contributed by atoms with van der Waals surface area (Å²) in [5, 5.41) is 2.88. The van der Waals surface area contributed by atoms with Crippen LogP contribution in [0.1, 0.15) is 43.9 Å². The van der Waals surface area contributed by atoms with Crippen molar-refractivity contribution in [2.24, 2.45) is 0 Å². The number of carbonyl (C=O) groups is 2. The number of hydrogen-bond acceptors (Lipinski definition) is 5. The predicted octanol–water partition coefficient (Wildman–Crippen LogP) is 3.41. The molecular formula is C26H37N3O5S. The number of carbonyl (C=O) groups excluding carboxylic acids is 2. The third-order valence-electron chi connectivity index (χ3n) is 5.48. The average Bonchev–Trinajstić information content (AvgIpc) is 2.75. The molecule has 1 N–H and O–H groups in total. The van der Waals surface area contributed by atoms with E-state index in [0.29, 0.717) is 17.9 Å². The summed E-state index contributed by atoms with van der Waals surface area (Å²) in [7, 11) is -2.21. The monoisotopic (exact) mass is 503 g/mol. The summed E-state index contributed by atoms with van der Waals surface area (Å²) in [5.74, 6) is -0.123. The van der Waals surface area contributed by atoms with Crippen molar-refractivity contribution in [2.75, 3.05) is 24.2 Å². The maximum Gasteiger partial charge on any atom is 0.244 e. The Labute approximate surface area is 209 Å². The number of nitrogens with one attached hydrogen (secondary N) is 1. The lowest BCUT2D eigenvalue weighted by atomic mass is 10.1. The second-order valence-corrected chi connectivity index (χ2v) is 11.0. The maximum atomic E-state index is 13.7. The number of rotatable bonds is 11. The smallest absolute Gasteiger partial charge is 0.244 e. The van der Waals surface area contributed by atoms with Crippen molar-refractivity contribution in [1.82, 2.24) is 10.2 Å². The molecule has 2 aromatic rings. The van der Waals surface area contributed by atoms with Crippen LogP contribution in [0.4, 0.5) is 5.69 Å². The summed E-state index contributed by atoms with van der Waals surface area (Å²) < 4.78 is 31.9. The van der Waals surface area contributed by atoms with Crippen LogP contribution in [0.2, 0.25) is 0 Å². The van der Waals surface area contributed by atoms with Gasteiger partial charge in [-0.25, -0.2) is 8.42 Å². The van der Waals surface area contributed by atoms with Gasteiger partial charge in [0.15, 0.2) is 0 Å². The molecule has 0 fully saturated rings.